The van der Waals surface area contributed by atoms with E-state index in [1.54, 1.807) is 7.05 Å². The summed E-state index contributed by atoms with van der Waals surface area (Å²) in [7, 11) is 1.66. The molecule has 0 radical (unpaired) electrons. The Balaban J connectivity index is 0.000000345. The van der Waals surface area contributed by atoms with Crippen LogP contribution in [0.1, 0.15) is 18.4 Å². The van der Waals surface area contributed by atoms with E-state index in [0.717, 1.165) is 43.1 Å². The minimum Gasteiger partial charge on any atom is -0.475 e. The number of carboxylic acid groups (broad SMARTS) is 1. The number of likely N-dealkylation sites (N-methyl/N-ethyl adjacent to an activating group) is 1. The van der Waals surface area contributed by atoms with Crippen LogP contribution in [0.4, 0.5) is 13.2 Å². The van der Waals surface area contributed by atoms with Crippen molar-refractivity contribution in [2.24, 2.45) is 5.92 Å². The van der Waals surface area contributed by atoms with Crippen LogP contribution in [0.3, 0.4) is 0 Å². The van der Waals surface area contributed by atoms with Crippen LogP contribution in [-0.4, -0.2) is 60.4 Å². The van der Waals surface area contributed by atoms with E-state index in [0.29, 0.717) is 5.92 Å². The second kappa shape index (κ2) is 9.58. The van der Waals surface area contributed by atoms with Gasteiger partial charge in [-0.2, -0.15) is 13.2 Å². The Morgan fingerprint density at radius 2 is 2.00 bits per heavy atom. The first-order chi connectivity index (χ1) is 13.1. The normalized spacial score (nSPS) is 24.7. The molecule has 0 aromatic heterocycles. The second-order valence-electron chi connectivity index (χ2n) is 6.69. The first-order valence-corrected chi connectivity index (χ1v) is 9.12. The van der Waals surface area contributed by atoms with Crippen LogP contribution in [0.2, 0.25) is 5.02 Å². The molecule has 10 heteroatoms. The number of halogens is 4. The summed E-state index contributed by atoms with van der Waals surface area (Å²) < 4.78 is 37.7. The van der Waals surface area contributed by atoms with E-state index in [-0.39, 0.29) is 18.1 Å². The maximum atomic E-state index is 11.7. The molecule has 0 bridgehead atoms. The van der Waals surface area contributed by atoms with Crippen molar-refractivity contribution in [3.05, 3.63) is 34.9 Å². The summed E-state index contributed by atoms with van der Waals surface area (Å²) in [5, 5.41) is 10.6. The van der Waals surface area contributed by atoms with Crippen LogP contribution < -0.4 is 5.32 Å². The Kier molecular flexibility index (Phi) is 7.68. The number of alkyl halides is 3. The van der Waals surface area contributed by atoms with E-state index >= 15 is 0 Å². The molecule has 1 aromatic rings. The first-order valence-electron chi connectivity index (χ1n) is 8.74. The fourth-order valence-electron chi connectivity index (χ4n) is 3.34. The number of hydrogen-bond acceptors (Lipinski definition) is 4. The van der Waals surface area contributed by atoms with Gasteiger partial charge >= 0.3 is 12.1 Å². The van der Waals surface area contributed by atoms with E-state index < -0.39 is 12.1 Å². The predicted molar refractivity (Wildman–Crippen MR) is 95.9 cm³/mol. The van der Waals surface area contributed by atoms with Crippen molar-refractivity contribution in [2.75, 3.05) is 20.1 Å². The third-order valence-corrected chi connectivity index (χ3v) is 5.14. The van der Waals surface area contributed by atoms with Crippen LogP contribution in [-0.2, 0) is 20.9 Å². The molecule has 2 N–H and O–H groups in total. The Labute approximate surface area is 165 Å². The van der Waals surface area contributed by atoms with E-state index in [1.165, 1.54) is 0 Å². The lowest BCUT2D eigenvalue weighted by Gasteiger charge is -2.34. The Hall–Kier alpha value is -1.84. The maximum Gasteiger partial charge on any atom is 0.490 e. The number of carbonyl (C=O) groups is 2. The lowest BCUT2D eigenvalue weighted by molar-refractivity contribution is -0.192. The summed E-state index contributed by atoms with van der Waals surface area (Å²) in [4.78, 5) is 23.0. The molecule has 2 aliphatic rings. The maximum absolute atomic E-state index is 11.7. The number of rotatable bonds is 3. The number of nitrogens with one attached hydrogen (secondary N) is 1. The number of hydrogen-bond donors (Lipinski definition) is 2. The standard InChI is InChI=1S/C16H21ClN2O2.C2HF3O2/c1-18-16(20)14-8-11-6-7-19(10-15(11)21-14)9-12-4-2-3-5-13(12)17;3-2(4,5)1(6)7/h2-5,11,14-15H,6-10H2,1H3,(H,18,20);(H,6,7)/t11-,14+,15+;/m0./s1. The van der Waals surface area contributed by atoms with Crippen molar-refractivity contribution in [2.45, 2.75) is 37.8 Å². The van der Waals surface area contributed by atoms with Crippen molar-refractivity contribution in [3.8, 4) is 0 Å². The molecule has 2 saturated heterocycles. The molecule has 6 nitrogen and oxygen atoms in total. The molecule has 0 unspecified atom stereocenters. The third kappa shape index (κ3) is 6.08. The molecule has 0 saturated carbocycles. The highest BCUT2D eigenvalue weighted by atomic mass is 35.5. The number of piperidine rings is 1. The molecule has 2 aliphatic heterocycles. The quantitative estimate of drug-likeness (QED) is 0.783. The highest BCUT2D eigenvalue weighted by Crippen LogP contribution is 2.34. The lowest BCUT2D eigenvalue weighted by atomic mass is 9.91. The average Bonchev–Trinajstić information content (AvgIpc) is 3.06. The second-order valence-corrected chi connectivity index (χ2v) is 7.10. The predicted octanol–water partition coefficient (Wildman–Crippen LogP) is 2.70. The zero-order valence-corrected chi connectivity index (χ0v) is 16.0. The molecule has 0 spiro atoms. The molecule has 2 heterocycles. The number of aliphatic carboxylic acids is 1. The van der Waals surface area contributed by atoms with E-state index in [4.69, 9.17) is 26.2 Å². The van der Waals surface area contributed by atoms with E-state index in [1.807, 2.05) is 18.2 Å². The zero-order chi connectivity index (χ0) is 20.9. The molecule has 28 heavy (non-hydrogen) atoms. The number of nitrogens with zero attached hydrogens (tertiary/aromatic N) is 1. The number of ether oxygens (including phenoxy) is 1. The summed E-state index contributed by atoms with van der Waals surface area (Å²) in [6.45, 7) is 2.76. The molecule has 2 fully saturated rings. The monoisotopic (exact) mass is 422 g/mol. The number of carbonyl (C=O) groups excluding carboxylic acids is 1. The Morgan fingerprint density at radius 3 is 2.57 bits per heavy atom. The van der Waals surface area contributed by atoms with Crippen LogP contribution in [0, 0.1) is 5.92 Å². The highest BCUT2D eigenvalue weighted by Gasteiger charge is 2.41. The van der Waals surface area contributed by atoms with Crippen molar-refractivity contribution < 1.29 is 32.6 Å². The molecule has 3 atom stereocenters. The van der Waals surface area contributed by atoms with Crippen molar-refractivity contribution in [3.63, 3.8) is 0 Å². The fraction of sp³-hybridized carbons (Fsp3) is 0.556. The summed E-state index contributed by atoms with van der Waals surface area (Å²) in [5.74, 6) is -2.25. The SMILES string of the molecule is CNC(=O)[C@H]1C[C@@H]2CCN(Cc3ccccc3Cl)C[C@H]2O1.O=C(O)C(F)(F)F. The van der Waals surface area contributed by atoms with E-state index in [2.05, 4.69) is 16.3 Å². The van der Waals surface area contributed by atoms with Crippen molar-refractivity contribution in [1.29, 1.82) is 0 Å². The van der Waals surface area contributed by atoms with Gasteiger partial charge in [-0.1, -0.05) is 29.8 Å². The zero-order valence-electron chi connectivity index (χ0n) is 15.2. The van der Waals surface area contributed by atoms with Gasteiger partial charge in [0.15, 0.2) is 0 Å². The molecule has 0 aliphatic carbocycles. The lowest BCUT2D eigenvalue weighted by Crippen LogP contribution is -2.42. The molecule has 3 rings (SSSR count). The molecular formula is C18H22ClF3N2O4. The Morgan fingerprint density at radius 1 is 1.36 bits per heavy atom. The van der Waals surface area contributed by atoms with Crippen LogP contribution in [0.25, 0.3) is 0 Å². The molecule has 1 amide bonds. The van der Waals surface area contributed by atoms with Gasteiger partial charge in [-0.3, -0.25) is 9.69 Å². The minimum atomic E-state index is -5.08. The van der Waals surface area contributed by atoms with Gasteiger partial charge in [0.05, 0.1) is 6.10 Å². The van der Waals surface area contributed by atoms with Crippen LogP contribution >= 0.6 is 11.6 Å². The summed E-state index contributed by atoms with van der Waals surface area (Å²) in [6.07, 6.45) is -3.25. The van der Waals surface area contributed by atoms with Gasteiger partial charge in [-0.15, -0.1) is 0 Å². The van der Waals surface area contributed by atoms with Gasteiger partial charge < -0.3 is 15.2 Å². The van der Waals surface area contributed by atoms with Crippen LogP contribution in [0.15, 0.2) is 24.3 Å². The molecular weight excluding hydrogens is 401 g/mol. The topological polar surface area (TPSA) is 78.9 Å². The minimum absolute atomic E-state index is 0.00190. The number of carboxylic acids is 1. The third-order valence-electron chi connectivity index (χ3n) is 4.77. The largest absolute Gasteiger partial charge is 0.490 e. The van der Waals surface area contributed by atoms with Gasteiger partial charge in [-0.05, 0) is 36.9 Å². The summed E-state index contributed by atoms with van der Waals surface area (Å²) in [6, 6.07) is 7.96. The van der Waals surface area contributed by atoms with Crippen molar-refractivity contribution in [1.82, 2.24) is 10.2 Å². The fourth-order valence-corrected chi connectivity index (χ4v) is 3.53. The van der Waals surface area contributed by atoms with Gasteiger partial charge in [0.25, 0.3) is 0 Å². The van der Waals surface area contributed by atoms with Gasteiger partial charge in [0.1, 0.15) is 6.10 Å². The van der Waals surface area contributed by atoms with Gasteiger partial charge in [-0.25, -0.2) is 4.79 Å². The van der Waals surface area contributed by atoms with Gasteiger partial charge in [0.2, 0.25) is 5.91 Å². The van der Waals surface area contributed by atoms with E-state index in [9.17, 15) is 18.0 Å². The summed E-state index contributed by atoms with van der Waals surface area (Å²) in [5.41, 5.74) is 1.15. The number of benzene rings is 1. The number of fused-ring (bicyclic) bond motifs is 1. The summed E-state index contributed by atoms with van der Waals surface area (Å²) >= 11 is 6.23. The number of likely N-dealkylation sites (tertiary alicyclic amines) is 1. The van der Waals surface area contributed by atoms with Gasteiger partial charge in [0, 0.05) is 25.2 Å². The molecule has 1 aromatic carbocycles. The Bertz CT molecular complexity index is 702. The molecule has 156 valence electrons. The van der Waals surface area contributed by atoms with Crippen molar-refractivity contribution >= 4 is 23.5 Å². The first kappa shape index (κ1) is 22.4. The van der Waals surface area contributed by atoms with Crippen LogP contribution in [0.5, 0.6) is 0 Å². The number of amides is 1. The highest BCUT2D eigenvalue weighted by molar-refractivity contribution is 6.31. The average molecular weight is 423 g/mol. The smallest absolute Gasteiger partial charge is 0.475 e.